The number of rotatable bonds is 13. The number of nitrogens with zero attached hydrogens (tertiary/aromatic N) is 1. The summed E-state index contributed by atoms with van der Waals surface area (Å²) in [7, 11) is 0. The Morgan fingerprint density at radius 3 is 1.88 bits per heavy atom. The van der Waals surface area contributed by atoms with E-state index in [1.54, 1.807) is 0 Å². The van der Waals surface area contributed by atoms with Gasteiger partial charge < -0.3 is 0 Å². The van der Waals surface area contributed by atoms with Crippen molar-refractivity contribution < 1.29 is 0 Å². The van der Waals surface area contributed by atoms with Gasteiger partial charge in [0.25, 0.3) is 0 Å². The molecule has 1 heteroatoms. The third-order valence-electron chi connectivity index (χ3n) is 6.68. The largest absolute Gasteiger partial charge is 0.295 e. The first kappa shape index (κ1) is 22.0. The van der Waals surface area contributed by atoms with E-state index in [1.165, 1.54) is 90.0 Å². The molecule has 0 aliphatic carbocycles. The molecule has 0 aromatic rings. The molecule has 0 aromatic carbocycles. The van der Waals surface area contributed by atoms with Crippen LogP contribution in [0, 0.1) is 5.41 Å². The number of hydrogen-bond donors (Lipinski definition) is 0. The third-order valence-corrected chi connectivity index (χ3v) is 6.68. The number of likely N-dealkylation sites (tertiary alicyclic amines) is 1. The predicted molar refractivity (Wildman–Crippen MR) is 110 cm³/mol. The third kappa shape index (κ3) is 6.36. The van der Waals surface area contributed by atoms with Gasteiger partial charge in [0.2, 0.25) is 0 Å². The van der Waals surface area contributed by atoms with Gasteiger partial charge in [0, 0.05) is 11.6 Å². The highest BCUT2D eigenvalue weighted by Crippen LogP contribution is 2.45. The highest BCUT2D eigenvalue weighted by molar-refractivity contribution is 4.98. The maximum absolute atomic E-state index is 2.93. The Balaban J connectivity index is 2.77. The van der Waals surface area contributed by atoms with Crippen molar-refractivity contribution in [1.29, 1.82) is 0 Å². The summed E-state index contributed by atoms with van der Waals surface area (Å²) in [6, 6.07) is 0.816. The molecule has 1 heterocycles. The first-order chi connectivity index (χ1) is 11.4. The Morgan fingerprint density at radius 1 is 0.750 bits per heavy atom. The summed E-state index contributed by atoms with van der Waals surface area (Å²) in [5.74, 6) is 0. The minimum Gasteiger partial charge on any atom is -0.295 e. The zero-order chi connectivity index (χ0) is 18.1. The number of hydrogen-bond acceptors (Lipinski definition) is 1. The van der Waals surface area contributed by atoms with Gasteiger partial charge in [0.05, 0.1) is 0 Å². The van der Waals surface area contributed by atoms with Crippen molar-refractivity contribution in [2.24, 2.45) is 5.41 Å². The fourth-order valence-corrected chi connectivity index (χ4v) is 4.96. The first-order valence-electron chi connectivity index (χ1n) is 11.2. The molecule has 0 aromatic heterocycles. The maximum atomic E-state index is 2.93. The molecular formula is C23H47N. The molecule has 24 heavy (non-hydrogen) atoms. The van der Waals surface area contributed by atoms with E-state index in [0.717, 1.165) is 6.04 Å². The zero-order valence-corrected chi connectivity index (χ0v) is 17.9. The van der Waals surface area contributed by atoms with Crippen LogP contribution in [-0.2, 0) is 0 Å². The summed E-state index contributed by atoms with van der Waals surface area (Å²) in [6.07, 6.45) is 18.1. The smallest absolute Gasteiger partial charge is 0.0156 e. The lowest BCUT2D eigenvalue weighted by Gasteiger charge is -2.48. The molecule has 144 valence electrons. The summed E-state index contributed by atoms with van der Waals surface area (Å²) in [5.41, 5.74) is 0.914. The number of unbranched alkanes of at least 4 members (excludes halogenated alkanes) is 5. The Labute approximate surface area is 154 Å². The van der Waals surface area contributed by atoms with Crippen molar-refractivity contribution in [2.75, 3.05) is 6.54 Å². The average molecular weight is 338 g/mol. The van der Waals surface area contributed by atoms with Gasteiger partial charge in [-0.25, -0.2) is 0 Å². The second-order valence-corrected chi connectivity index (χ2v) is 9.34. The minimum atomic E-state index is 0.384. The first-order valence-corrected chi connectivity index (χ1v) is 11.2. The molecule has 1 saturated heterocycles. The molecule has 0 bridgehead atoms. The topological polar surface area (TPSA) is 3.24 Å². The highest BCUT2D eigenvalue weighted by atomic mass is 15.2. The lowest BCUT2D eigenvalue weighted by Crippen LogP contribution is -2.52. The Bertz CT molecular complexity index is 312. The molecule has 1 unspecified atom stereocenters. The predicted octanol–water partition coefficient (Wildman–Crippen LogP) is 7.59. The molecule has 1 fully saturated rings. The van der Waals surface area contributed by atoms with E-state index in [1.807, 2.05) is 0 Å². The van der Waals surface area contributed by atoms with Crippen molar-refractivity contribution in [3.8, 4) is 0 Å². The summed E-state index contributed by atoms with van der Waals surface area (Å²) in [5, 5.41) is 0. The highest BCUT2D eigenvalue weighted by Gasteiger charge is 2.44. The lowest BCUT2D eigenvalue weighted by atomic mass is 9.72. The van der Waals surface area contributed by atoms with Crippen LogP contribution < -0.4 is 0 Å². The molecule has 1 aliphatic rings. The molecule has 0 amide bonds. The summed E-state index contributed by atoms with van der Waals surface area (Å²) in [4.78, 5) is 2.93. The van der Waals surface area contributed by atoms with Crippen LogP contribution in [0.1, 0.15) is 125 Å². The zero-order valence-electron chi connectivity index (χ0n) is 17.9. The van der Waals surface area contributed by atoms with Gasteiger partial charge in [-0.05, 0) is 57.9 Å². The fourth-order valence-electron chi connectivity index (χ4n) is 4.96. The summed E-state index contributed by atoms with van der Waals surface area (Å²) in [6.45, 7) is 16.0. The van der Waals surface area contributed by atoms with Crippen molar-refractivity contribution in [3.63, 3.8) is 0 Å². The van der Waals surface area contributed by atoms with E-state index in [2.05, 4.69) is 46.4 Å². The normalized spacial score (nSPS) is 20.0. The van der Waals surface area contributed by atoms with Gasteiger partial charge in [0.1, 0.15) is 0 Å². The van der Waals surface area contributed by atoms with Crippen molar-refractivity contribution in [1.82, 2.24) is 4.90 Å². The standard InChI is InChI=1S/C23H47N/c1-7-10-13-14-17-22(4,5)24-20-15-16-21(24)23(6,18-11-8-2)19-12-9-3/h21H,7-20H2,1-6H3. The van der Waals surface area contributed by atoms with Crippen molar-refractivity contribution in [3.05, 3.63) is 0 Å². The quantitative estimate of drug-likeness (QED) is 0.313. The minimum absolute atomic E-state index is 0.384. The van der Waals surface area contributed by atoms with Crippen LogP contribution in [0.5, 0.6) is 0 Å². The molecule has 1 aliphatic heterocycles. The molecule has 1 atom stereocenters. The molecule has 0 N–H and O–H groups in total. The molecule has 0 spiro atoms. The van der Waals surface area contributed by atoms with Gasteiger partial charge in [-0.15, -0.1) is 0 Å². The van der Waals surface area contributed by atoms with Gasteiger partial charge in [-0.1, -0.05) is 79.1 Å². The Hall–Kier alpha value is -0.0400. The van der Waals surface area contributed by atoms with Crippen LogP contribution in [0.25, 0.3) is 0 Å². The average Bonchev–Trinajstić information content (AvgIpc) is 3.06. The van der Waals surface area contributed by atoms with Gasteiger partial charge >= 0.3 is 0 Å². The fraction of sp³-hybridized carbons (Fsp3) is 1.00. The van der Waals surface area contributed by atoms with E-state index in [9.17, 15) is 0 Å². The Kier molecular flexibility index (Phi) is 9.94. The molecular weight excluding hydrogens is 290 g/mol. The molecule has 1 nitrogen and oxygen atoms in total. The van der Waals surface area contributed by atoms with Crippen LogP contribution in [-0.4, -0.2) is 23.0 Å². The van der Waals surface area contributed by atoms with E-state index in [4.69, 9.17) is 0 Å². The van der Waals surface area contributed by atoms with Crippen LogP contribution in [0.15, 0.2) is 0 Å². The maximum Gasteiger partial charge on any atom is 0.0156 e. The monoisotopic (exact) mass is 337 g/mol. The second-order valence-electron chi connectivity index (χ2n) is 9.34. The van der Waals surface area contributed by atoms with Crippen molar-refractivity contribution >= 4 is 0 Å². The summed E-state index contributed by atoms with van der Waals surface area (Å²) < 4.78 is 0. The SMILES string of the molecule is CCCCCCC(C)(C)N1CCCC1C(C)(CCCC)CCCC. The van der Waals surface area contributed by atoms with Crippen molar-refractivity contribution in [2.45, 2.75) is 137 Å². The lowest BCUT2D eigenvalue weighted by molar-refractivity contribution is 0.0140. The van der Waals surface area contributed by atoms with Crippen LogP contribution in [0.4, 0.5) is 0 Å². The van der Waals surface area contributed by atoms with E-state index < -0.39 is 0 Å². The molecule has 0 saturated carbocycles. The van der Waals surface area contributed by atoms with E-state index >= 15 is 0 Å². The van der Waals surface area contributed by atoms with E-state index in [0.29, 0.717) is 11.0 Å². The van der Waals surface area contributed by atoms with Gasteiger partial charge in [0.15, 0.2) is 0 Å². The molecule has 0 radical (unpaired) electrons. The van der Waals surface area contributed by atoms with Crippen LogP contribution >= 0.6 is 0 Å². The van der Waals surface area contributed by atoms with Crippen LogP contribution in [0.3, 0.4) is 0 Å². The van der Waals surface area contributed by atoms with Crippen LogP contribution in [0.2, 0.25) is 0 Å². The van der Waals surface area contributed by atoms with E-state index in [-0.39, 0.29) is 0 Å². The summed E-state index contributed by atoms with van der Waals surface area (Å²) >= 11 is 0. The second kappa shape index (κ2) is 10.8. The van der Waals surface area contributed by atoms with Gasteiger partial charge in [-0.3, -0.25) is 4.90 Å². The Morgan fingerprint density at radius 2 is 1.33 bits per heavy atom. The molecule has 1 rings (SSSR count). The van der Waals surface area contributed by atoms with Gasteiger partial charge in [-0.2, -0.15) is 0 Å².